The lowest BCUT2D eigenvalue weighted by Gasteiger charge is -2.11. The lowest BCUT2D eigenvalue weighted by Crippen LogP contribution is -2.26. The summed E-state index contributed by atoms with van der Waals surface area (Å²) in [7, 11) is 2.10. The van der Waals surface area contributed by atoms with Crippen LogP contribution in [-0.2, 0) is 13.6 Å². The van der Waals surface area contributed by atoms with E-state index in [-0.39, 0.29) is 12.4 Å². The molecule has 0 aromatic carbocycles. The van der Waals surface area contributed by atoms with Crippen molar-refractivity contribution >= 4 is 12.4 Å². The van der Waals surface area contributed by atoms with Crippen LogP contribution in [-0.4, -0.2) is 10.6 Å². The summed E-state index contributed by atoms with van der Waals surface area (Å²) in [6.45, 7) is 1.02. The number of halogens is 1. The molecule has 0 bridgehead atoms. The van der Waals surface area contributed by atoms with Gasteiger partial charge in [-0.3, -0.25) is 0 Å². The molecule has 1 aliphatic carbocycles. The summed E-state index contributed by atoms with van der Waals surface area (Å²) >= 11 is 0. The molecule has 14 heavy (non-hydrogen) atoms. The van der Waals surface area contributed by atoms with Crippen LogP contribution in [0.4, 0.5) is 0 Å². The number of rotatable bonds is 3. The van der Waals surface area contributed by atoms with Gasteiger partial charge in [-0.05, 0) is 25.0 Å². The van der Waals surface area contributed by atoms with Crippen LogP contribution in [0.3, 0.4) is 0 Å². The zero-order chi connectivity index (χ0) is 9.10. The first-order chi connectivity index (χ1) is 6.36. The molecule has 2 nitrogen and oxygen atoms in total. The van der Waals surface area contributed by atoms with Gasteiger partial charge in [0.25, 0.3) is 0 Å². The number of nitrogens with zero attached hydrogens (tertiary/aromatic N) is 1. The van der Waals surface area contributed by atoms with E-state index in [1.54, 1.807) is 0 Å². The molecular weight excluding hydrogens is 196 g/mol. The fourth-order valence-electron chi connectivity index (χ4n) is 2.06. The number of aryl methyl sites for hydroxylation is 1. The molecule has 0 unspecified atom stereocenters. The Morgan fingerprint density at radius 1 is 1.43 bits per heavy atom. The van der Waals surface area contributed by atoms with Crippen LogP contribution in [0.2, 0.25) is 0 Å². The summed E-state index contributed by atoms with van der Waals surface area (Å²) in [6, 6.07) is 5.06. The Labute approximate surface area is 92.1 Å². The van der Waals surface area contributed by atoms with Gasteiger partial charge in [0.2, 0.25) is 0 Å². The Bertz CT molecular complexity index is 264. The maximum atomic E-state index is 3.60. The van der Waals surface area contributed by atoms with E-state index in [0.29, 0.717) is 0 Å². The highest BCUT2D eigenvalue weighted by atomic mass is 35.5. The molecule has 0 spiro atoms. The molecule has 1 aliphatic rings. The van der Waals surface area contributed by atoms with Crippen molar-refractivity contribution in [2.75, 3.05) is 0 Å². The Morgan fingerprint density at radius 3 is 2.71 bits per heavy atom. The van der Waals surface area contributed by atoms with Gasteiger partial charge < -0.3 is 9.88 Å². The van der Waals surface area contributed by atoms with Gasteiger partial charge in [0, 0.05) is 31.5 Å². The van der Waals surface area contributed by atoms with E-state index >= 15 is 0 Å². The van der Waals surface area contributed by atoms with Gasteiger partial charge >= 0.3 is 0 Å². The molecule has 1 fully saturated rings. The largest absolute Gasteiger partial charge is 0.353 e. The van der Waals surface area contributed by atoms with Crippen molar-refractivity contribution in [1.29, 1.82) is 0 Å². The minimum absolute atomic E-state index is 0. The van der Waals surface area contributed by atoms with E-state index in [1.165, 1.54) is 31.4 Å². The second-order valence-corrected chi connectivity index (χ2v) is 3.97. The van der Waals surface area contributed by atoms with Gasteiger partial charge in [-0.15, -0.1) is 12.4 Å². The zero-order valence-corrected chi connectivity index (χ0v) is 9.52. The van der Waals surface area contributed by atoms with Gasteiger partial charge in [0.1, 0.15) is 0 Å². The number of aromatic nitrogens is 1. The minimum atomic E-state index is 0. The summed E-state index contributed by atoms with van der Waals surface area (Å²) in [5, 5.41) is 3.60. The van der Waals surface area contributed by atoms with Crippen LogP contribution in [0.1, 0.15) is 31.4 Å². The molecule has 3 heteroatoms. The molecule has 0 saturated heterocycles. The molecule has 0 amide bonds. The van der Waals surface area contributed by atoms with Gasteiger partial charge in [0.15, 0.2) is 0 Å². The first-order valence-electron chi connectivity index (χ1n) is 5.20. The quantitative estimate of drug-likeness (QED) is 0.818. The fraction of sp³-hybridized carbons (Fsp3) is 0.636. The van der Waals surface area contributed by atoms with E-state index in [2.05, 4.69) is 35.3 Å². The third-order valence-electron chi connectivity index (χ3n) is 2.98. The average Bonchev–Trinajstić information content (AvgIpc) is 2.72. The summed E-state index contributed by atoms with van der Waals surface area (Å²) in [4.78, 5) is 0. The molecule has 1 heterocycles. The van der Waals surface area contributed by atoms with Gasteiger partial charge in [0.05, 0.1) is 0 Å². The molecule has 0 radical (unpaired) electrons. The Morgan fingerprint density at radius 2 is 2.14 bits per heavy atom. The predicted molar refractivity (Wildman–Crippen MR) is 61.8 cm³/mol. The molecule has 1 aromatic heterocycles. The number of nitrogens with one attached hydrogen (secondary N) is 1. The standard InChI is InChI=1S/C11H18N2.ClH/c1-13-8-4-7-11(13)9-12-10-5-2-3-6-10;/h4,7-8,10,12H,2-3,5-6,9H2,1H3;1H. The summed E-state index contributed by atoms with van der Waals surface area (Å²) < 4.78 is 2.18. The van der Waals surface area contributed by atoms with Crippen LogP contribution in [0.25, 0.3) is 0 Å². The topological polar surface area (TPSA) is 17.0 Å². The van der Waals surface area contributed by atoms with Crippen molar-refractivity contribution in [3.8, 4) is 0 Å². The Balaban J connectivity index is 0.000000980. The SMILES string of the molecule is Cl.Cn1cccc1CNC1CCCC1. The van der Waals surface area contributed by atoms with Crippen molar-refractivity contribution in [2.24, 2.45) is 7.05 Å². The van der Waals surface area contributed by atoms with Crippen LogP contribution in [0, 0.1) is 0 Å². The lowest BCUT2D eigenvalue weighted by molar-refractivity contribution is 0.513. The highest BCUT2D eigenvalue weighted by Crippen LogP contribution is 2.17. The minimum Gasteiger partial charge on any atom is -0.353 e. The van der Waals surface area contributed by atoms with Crippen LogP contribution < -0.4 is 5.32 Å². The molecule has 1 saturated carbocycles. The number of hydrogen-bond acceptors (Lipinski definition) is 1. The van der Waals surface area contributed by atoms with Crippen LogP contribution in [0.5, 0.6) is 0 Å². The Kier molecular flexibility index (Phi) is 4.49. The molecule has 0 aliphatic heterocycles. The van der Waals surface area contributed by atoms with Crippen molar-refractivity contribution in [3.63, 3.8) is 0 Å². The van der Waals surface area contributed by atoms with Crippen molar-refractivity contribution in [1.82, 2.24) is 9.88 Å². The van der Waals surface area contributed by atoms with Crippen LogP contribution in [0.15, 0.2) is 18.3 Å². The molecule has 80 valence electrons. The van der Waals surface area contributed by atoms with Crippen molar-refractivity contribution in [3.05, 3.63) is 24.0 Å². The average molecular weight is 215 g/mol. The second kappa shape index (κ2) is 5.42. The molecular formula is C11H19ClN2. The fourth-order valence-corrected chi connectivity index (χ4v) is 2.06. The molecule has 2 rings (SSSR count). The highest BCUT2D eigenvalue weighted by molar-refractivity contribution is 5.85. The first kappa shape index (κ1) is 11.6. The molecule has 1 aromatic rings. The van der Waals surface area contributed by atoms with Crippen molar-refractivity contribution < 1.29 is 0 Å². The highest BCUT2D eigenvalue weighted by Gasteiger charge is 2.13. The third kappa shape index (κ3) is 2.76. The summed E-state index contributed by atoms with van der Waals surface area (Å²) in [6.07, 6.45) is 7.65. The number of hydrogen-bond donors (Lipinski definition) is 1. The Hall–Kier alpha value is -0.470. The van der Waals surface area contributed by atoms with Crippen LogP contribution >= 0.6 is 12.4 Å². The summed E-state index contributed by atoms with van der Waals surface area (Å²) in [5.41, 5.74) is 1.38. The van der Waals surface area contributed by atoms with E-state index in [0.717, 1.165) is 12.6 Å². The summed E-state index contributed by atoms with van der Waals surface area (Å²) in [5.74, 6) is 0. The lowest BCUT2D eigenvalue weighted by atomic mass is 10.2. The zero-order valence-electron chi connectivity index (χ0n) is 8.70. The van der Waals surface area contributed by atoms with E-state index in [4.69, 9.17) is 0 Å². The third-order valence-corrected chi connectivity index (χ3v) is 2.98. The molecule has 1 N–H and O–H groups in total. The maximum absolute atomic E-state index is 3.60. The van der Waals surface area contributed by atoms with E-state index < -0.39 is 0 Å². The van der Waals surface area contributed by atoms with E-state index in [1.807, 2.05) is 0 Å². The smallest absolute Gasteiger partial charge is 0.0361 e. The first-order valence-corrected chi connectivity index (χ1v) is 5.20. The maximum Gasteiger partial charge on any atom is 0.0361 e. The monoisotopic (exact) mass is 214 g/mol. The second-order valence-electron chi connectivity index (χ2n) is 3.97. The van der Waals surface area contributed by atoms with Gasteiger partial charge in [-0.25, -0.2) is 0 Å². The van der Waals surface area contributed by atoms with E-state index in [9.17, 15) is 0 Å². The van der Waals surface area contributed by atoms with Gasteiger partial charge in [-0.1, -0.05) is 12.8 Å². The predicted octanol–water partition coefficient (Wildman–Crippen LogP) is 2.48. The van der Waals surface area contributed by atoms with Crippen molar-refractivity contribution in [2.45, 2.75) is 38.3 Å². The molecule has 0 atom stereocenters. The van der Waals surface area contributed by atoms with Gasteiger partial charge in [-0.2, -0.15) is 0 Å². The normalized spacial score (nSPS) is 16.9.